The van der Waals surface area contributed by atoms with Gasteiger partial charge in [0.15, 0.2) is 0 Å². The number of hydrogen-bond donors (Lipinski definition) is 2. The third-order valence-electron chi connectivity index (χ3n) is 5.63. The Hall–Kier alpha value is -3.15. The number of nitro groups is 1. The molecule has 2 heterocycles. The first-order valence-electron chi connectivity index (χ1n) is 9.46. The summed E-state index contributed by atoms with van der Waals surface area (Å²) in [5.74, 6) is 0.0878. The number of H-pyrrole nitrogens is 1. The summed E-state index contributed by atoms with van der Waals surface area (Å²) < 4.78 is 0. The van der Waals surface area contributed by atoms with Crippen LogP contribution in [-0.4, -0.2) is 16.5 Å². The van der Waals surface area contributed by atoms with Crippen molar-refractivity contribution in [2.75, 3.05) is 6.54 Å². The normalized spacial score (nSPS) is 18.5. The minimum absolute atomic E-state index is 0.0878. The maximum Gasteiger partial charge on any atom is 0.269 e. The largest absolute Gasteiger partial charge is 0.357 e. The molecule has 5 rings (SSSR count). The number of nitrogens with one attached hydrogen (secondary N) is 2. The van der Waals surface area contributed by atoms with Gasteiger partial charge in [0.05, 0.1) is 11.0 Å². The number of nitrogens with zero attached hydrogens (tertiary/aromatic N) is 1. The summed E-state index contributed by atoms with van der Waals surface area (Å²) in [6, 6.07) is 22.8. The minimum atomic E-state index is -0.356. The Morgan fingerprint density at radius 1 is 1.00 bits per heavy atom. The van der Waals surface area contributed by atoms with Crippen LogP contribution in [0, 0.1) is 10.1 Å². The summed E-state index contributed by atoms with van der Waals surface area (Å²) in [4.78, 5) is 14.5. The second kappa shape index (κ2) is 7.03. The molecular weight excluding hydrogens is 386 g/mol. The average Bonchev–Trinajstić information content (AvgIpc) is 3.13. The molecule has 0 spiro atoms. The third-order valence-corrected chi connectivity index (χ3v) is 5.98. The van der Waals surface area contributed by atoms with Gasteiger partial charge in [0.25, 0.3) is 5.69 Å². The van der Waals surface area contributed by atoms with Gasteiger partial charge in [-0.25, -0.2) is 0 Å². The lowest BCUT2D eigenvalue weighted by Gasteiger charge is -2.31. The number of aromatic amines is 1. The van der Waals surface area contributed by atoms with E-state index in [1.54, 1.807) is 12.1 Å². The molecule has 0 radical (unpaired) electrons. The first kappa shape index (κ1) is 17.9. The molecule has 144 valence electrons. The summed E-state index contributed by atoms with van der Waals surface area (Å²) in [5.41, 5.74) is 5.31. The highest BCUT2D eigenvalue weighted by molar-refractivity contribution is 6.31. The number of hydrogen-bond acceptors (Lipinski definition) is 3. The zero-order valence-electron chi connectivity index (χ0n) is 15.4. The zero-order valence-corrected chi connectivity index (χ0v) is 16.2. The van der Waals surface area contributed by atoms with Crippen LogP contribution >= 0.6 is 11.6 Å². The van der Waals surface area contributed by atoms with Crippen molar-refractivity contribution in [3.8, 4) is 0 Å². The molecule has 2 N–H and O–H groups in total. The fourth-order valence-electron chi connectivity index (χ4n) is 4.35. The second-order valence-corrected chi connectivity index (χ2v) is 7.67. The van der Waals surface area contributed by atoms with Gasteiger partial charge < -0.3 is 10.3 Å². The van der Waals surface area contributed by atoms with Gasteiger partial charge in [0.1, 0.15) is 0 Å². The summed E-state index contributed by atoms with van der Waals surface area (Å²) in [5, 5.41) is 16.7. The van der Waals surface area contributed by atoms with Crippen LogP contribution in [0.15, 0.2) is 72.8 Å². The van der Waals surface area contributed by atoms with E-state index in [2.05, 4.69) is 28.5 Å². The van der Waals surface area contributed by atoms with Crippen molar-refractivity contribution >= 4 is 28.2 Å². The molecule has 2 unspecified atom stereocenters. The van der Waals surface area contributed by atoms with E-state index in [1.807, 2.05) is 36.4 Å². The maximum atomic E-state index is 11.3. The number of benzene rings is 3. The van der Waals surface area contributed by atoms with Crippen molar-refractivity contribution in [3.63, 3.8) is 0 Å². The van der Waals surface area contributed by atoms with Crippen LogP contribution in [0.5, 0.6) is 0 Å². The average molecular weight is 404 g/mol. The van der Waals surface area contributed by atoms with Crippen LogP contribution in [0.1, 0.15) is 34.3 Å². The van der Waals surface area contributed by atoms with Crippen molar-refractivity contribution in [2.24, 2.45) is 0 Å². The van der Waals surface area contributed by atoms with Gasteiger partial charge in [0, 0.05) is 46.2 Å². The Morgan fingerprint density at radius 2 is 1.79 bits per heavy atom. The Balaban J connectivity index is 1.70. The van der Waals surface area contributed by atoms with Gasteiger partial charge in [-0.15, -0.1) is 0 Å². The highest BCUT2D eigenvalue weighted by Gasteiger charge is 2.33. The molecule has 2 atom stereocenters. The Morgan fingerprint density at radius 3 is 2.62 bits per heavy atom. The summed E-state index contributed by atoms with van der Waals surface area (Å²) in [6.45, 7) is 0.686. The monoisotopic (exact) mass is 403 g/mol. The zero-order chi connectivity index (χ0) is 20.0. The maximum absolute atomic E-state index is 11.3. The lowest BCUT2D eigenvalue weighted by atomic mass is 9.83. The van der Waals surface area contributed by atoms with Gasteiger partial charge >= 0.3 is 0 Å². The van der Waals surface area contributed by atoms with E-state index in [0.717, 1.165) is 32.7 Å². The molecule has 1 aliphatic rings. The highest BCUT2D eigenvalue weighted by atomic mass is 35.5. The molecule has 4 aromatic rings. The Kier molecular flexibility index (Phi) is 4.34. The lowest BCUT2D eigenvalue weighted by Crippen LogP contribution is -2.34. The van der Waals surface area contributed by atoms with Gasteiger partial charge in [-0.1, -0.05) is 60.1 Å². The molecule has 0 fully saturated rings. The molecule has 5 nitrogen and oxygen atoms in total. The summed E-state index contributed by atoms with van der Waals surface area (Å²) >= 11 is 6.54. The van der Waals surface area contributed by atoms with E-state index < -0.39 is 0 Å². The predicted octanol–water partition coefficient (Wildman–Crippen LogP) is 5.55. The Bertz CT molecular complexity index is 1230. The summed E-state index contributed by atoms with van der Waals surface area (Å²) in [6.07, 6.45) is 0. The third kappa shape index (κ3) is 2.99. The fourth-order valence-corrected chi connectivity index (χ4v) is 4.62. The highest BCUT2D eigenvalue weighted by Crippen LogP contribution is 2.43. The summed E-state index contributed by atoms with van der Waals surface area (Å²) in [7, 11) is 0. The molecule has 1 aromatic heterocycles. The van der Waals surface area contributed by atoms with E-state index >= 15 is 0 Å². The molecule has 0 amide bonds. The van der Waals surface area contributed by atoms with E-state index in [4.69, 9.17) is 11.6 Å². The molecular formula is C23H18ClN3O2. The standard InChI is InChI=1S/C23H18ClN3O2/c24-19-10-3-1-8-16(19)18-13-25-22(14-6-5-7-15(12-14)27(28)29)23-21(18)17-9-2-4-11-20(17)26-23/h1-12,18,22,25-26H,13H2. The van der Waals surface area contributed by atoms with Crippen LogP contribution in [0.3, 0.4) is 0 Å². The molecule has 0 saturated carbocycles. The molecule has 6 heteroatoms. The van der Waals surface area contributed by atoms with E-state index in [1.165, 1.54) is 11.6 Å². The molecule has 29 heavy (non-hydrogen) atoms. The van der Waals surface area contributed by atoms with Gasteiger partial charge in [0.2, 0.25) is 0 Å². The number of aromatic nitrogens is 1. The van der Waals surface area contributed by atoms with Crippen molar-refractivity contribution in [3.05, 3.63) is 110 Å². The second-order valence-electron chi connectivity index (χ2n) is 7.27. The lowest BCUT2D eigenvalue weighted by molar-refractivity contribution is -0.384. The van der Waals surface area contributed by atoms with Crippen LogP contribution < -0.4 is 5.32 Å². The minimum Gasteiger partial charge on any atom is -0.357 e. The number of fused-ring (bicyclic) bond motifs is 3. The number of para-hydroxylation sites is 1. The number of non-ortho nitro benzene ring substituents is 1. The smallest absolute Gasteiger partial charge is 0.269 e. The van der Waals surface area contributed by atoms with Crippen LogP contribution in [0.25, 0.3) is 10.9 Å². The topological polar surface area (TPSA) is 71.0 Å². The van der Waals surface area contributed by atoms with E-state index in [9.17, 15) is 10.1 Å². The van der Waals surface area contributed by atoms with Crippen LogP contribution in [0.2, 0.25) is 5.02 Å². The van der Waals surface area contributed by atoms with Crippen LogP contribution in [0.4, 0.5) is 5.69 Å². The molecule has 0 aliphatic carbocycles. The fraction of sp³-hybridized carbons (Fsp3) is 0.130. The van der Waals surface area contributed by atoms with Crippen molar-refractivity contribution in [1.82, 2.24) is 10.3 Å². The Labute approximate surface area is 172 Å². The quantitative estimate of drug-likeness (QED) is 0.348. The van der Waals surface area contributed by atoms with Gasteiger partial charge in [-0.2, -0.15) is 0 Å². The number of nitro benzene ring substituents is 1. The number of halogens is 1. The first-order valence-corrected chi connectivity index (χ1v) is 9.84. The SMILES string of the molecule is O=[N+]([O-])c1cccc(C2NCC(c3ccccc3Cl)c3c2[nH]c2ccccc32)c1. The van der Waals surface area contributed by atoms with Gasteiger partial charge in [-0.05, 0) is 28.8 Å². The molecule has 0 saturated heterocycles. The van der Waals surface area contributed by atoms with E-state index in [-0.39, 0.29) is 22.6 Å². The van der Waals surface area contributed by atoms with Gasteiger partial charge in [-0.3, -0.25) is 10.1 Å². The molecule has 1 aliphatic heterocycles. The van der Waals surface area contributed by atoms with E-state index in [0.29, 0.717) is 6.54 Å². The number of rotatable bonds is 3. The van der Waals surface area contributed by atoms with Crippen molar-refractivity contribution in [2.45, 2.75) is 12.0 Å². The molecule has 0 bridgehead atoms. The van der Waals surface area contributed by atoms with Crippen molar-refractivity contribution < 1.29 is 4.92 Å². The van der Waals surface area contributed by atoms with Crippen molar-refractivity contribution in [1.29, 1.82) is 0 Å². The van der Waals surface area contributed by atoms with Crippen LogP contribution in [-0.2, 0) is 0 Å². The molecule has 3 aromatic carbocycles. The first-order chi connectivity index (χ1) is 14.1. The predicted molar refractivity (Wildman–Crippen MR) is 115 cm³/mol.